The number of anilines is 1. The topological polar surface area (TPSA) is 46.6 Å². The fourth-order valence-corrected chi connectivity index (χ4v) is 3.86. The summed E-state index contributed by atoms with van der Waals surface area (Å²) in [6, 6.07) is 5.70. The summed E-state index contributed by atoms with van der Waals surface area (Å²) in [4.78, 5) is 26.3. The van der Waals surface area contributed by atoms with Crippen LogP contribution in [0.2, 0.25) is 0 Å². The van der Waals surface area contributed by atoms with Crippen molar-refractivity contribution in [3.05, 3.63) is 40.9 Å². The van der Waals surface area contributed by atoms with Gasteiger partial charge in [-0.05, 0) is 18.6 Å². The molecule has 20 heavy (non-hydrogen) atoms. The molecule has 2 atom stereocenters. The summed E-state index contributed by atoms with van der Waals surface area (Å²) < 4.78 is 5.68. The average Bonchev–Trinajstić information content (AvgIpc) is 3.14. The Hall–Kier alpha value is -1.62. The molecule has 1 saturated carbocycles. The van der Waals surface area contributed by atoms with E-state index in [2.05, 4.69) is 22.5 Å². The fraction of sp³-hybridized carbons (Fsp3) is 0.333. The van der Waals surface area contributed by atoms with Gasteiger partial charge in [-0.3, -0.25) is 9.59 Å². The lowest BCUT2D eigenvalue weighted by Crippen LogP contribution is -2.34. The monoisotopic (exact) mass is 335 g/mol. The van der Waals surface area contributed by atoms with E-state index in [4.69, 9.17) is 4.74 Å². The molecule has 2 unspecified atom stereocenters. The molecule has 3 rings (SSSR count). The molecular weight excluding hydrogens is 322 g/mol. The van der Waals surface area contributed by atoms with E-state index in [0.29, 0.717) is 13.0 Å². The predicted molar refractivity (Wildman–Crippen MR) is 78.5 cm³/mol. The lowest BCUT2D eigenvalue weighted by molar-refractivity contribution is -0.143. The van der Waals surface area contributed by atoms with Gasteiger partial charge in [0.2, 0.25) is 5.91 Å². The number of benzene rings is 1. The van der Waals surface area contributed by atoms with Crippen molar-refractivity contribution >= 4 is 33.5 Å². The minimum atomic E-state index is -0.745. The van der Waals surface area contributed by atoms with Crippen LogP contribution in [0.5, 0.6) is 0 Å². The van der Waals surface area contributed by atoms with E-state index in [-0.39, 0.29) is 17.8 Å². The van der Waals surface area contributed by atoms with Crippen molar-refractivity contribution in [2.75, 3.05) is 18.6 Å². The molecule has 1 amide bonds. The van der Waals surface area contributed by atoms with Crippen LogP contribution in [0.15, 0.2) is 35.3 Å². The molecule has 1 aromatic rings. The first-order chi connectivity index (χ1) is 9.57. The molecule has 2 aliphatic rings. The number of fused-ring (bicyclic) bond motifs is 2. The number of ether oxygens (including phenoxy) is 1. The number of methoxy groups -OCH3 is 1. The first-order valence-corrected chi connectivity index (χ1v) is 7.17. The van der Waals surface area contributed by atoms with Gasteiger partial charge in [0.25, 0.3) is 0 Å². The third-order valence-corrected chi connectivity index (χ3v) is 4.77. The molecule has 1 heterocycles. The van der Waals surface area contributed by atoms with E-state index in [9.17, 15) is 9.59 Å². The Balaban J connectivity index is 2.13. The summed E-state index contributed by atoms with van der Waals surface area (Å²) in [5, 5.41) is 0. The minimum absolute atomic E-state index is 0.0327. The van der Waals surface area contributed by atoms with Crippen LogP contribution in [0.1, 0.15) is 12.0 Å². The average molecular weight is 336 g/mol. The van der Waals surface area contributed by atoms with Gasteiger partial charge < -0.3 is 9.64 Å². The van der Waals surface area contributed by atoms with E-state index >= 15 is 0 Å². The molecular formula is C15H14BrNO3. The molecule has 0 saturated heterocycles. The molecule has 0 N–H and O–H groups in total. The molecule has 0 bridgehead atoms. The molecule has 1 aliphatic carbocycles. The number of halogens is 1. The van der Waals surface area contributed by atoms with Crippen LogP contribution in [0, 0.1) is 5.92 Å². The molecule has 104 valence electrons. The Kier molecular flexibility index (Phi) is 2.97. The summed E-state index contributed by atoms with van der Waals surface area (Å²) in [6.07, 6.45) is 2.21. The standard InChI is InChI=1S/C15H14BrNO3/c1-3-7-17-11-6-4-5-10(16)12(11)15(14(17)19)8-9(15)13(18)20-2/h3-6,9H,1,7-8H2,2H3. The van der Waals surface area contributed by atoms with Gasteiger partial charge in [0.1, 0.15) is 0 Å². The van der Waals surface area contributed by atoms with Crippen molar-refractivity contribution in [2.45, 2.75) is 11.8 Å². The molecule has 0 aromatic heterocycles. The largest absolute Gasteiger partial charge is 0.469 e. The van der Waals surface area contributed by atoms with Crippen LogP contribution in [0.3, 0.4) is 0 Å². The molecule has 5 heteroatoms. The van der Waals surface area contributed by atoms with Crippen LogP contribution in [0.4, 0.5) is 5.69 Å². The quantitative estimate of drug-likeness (QED) is 0.629. The van der Waals surface area contributed by atoms with Crippen molar-refractivity contribution in [1.29, 1.82) is 0 Å². The van der Waals surface area contributed by atoms with Crippen LogP contribution in [-0.4, -0.2) is 25.5 Å². The highest BCUT2D eigenvalue weighted by molar-refractivity contribution is 9.10. The molecule has 1 fully saturated rings. The van der Waals surface area contributed by atoms with E-state index in [1.165, 1.54) is 7.11 Å². The van der Waals surface area contributed by atoms with E-state index in [1.54, 1.807) is 11.0 Å². The first-order valence-electron chi connectivity index (χ1n) is 6.37. The highest BCUT2D eigenvalue weighted by atomic mass is 79.9. The smallest absolute Gasteiger partial charge is 0.310 e. The highest BCUT2D eigenvalue weighted by Gasteiger charge is 2.70. The van der Waals surface area contributed by atoms with E-state index in [1.807, 2.05) is 18.2 Å². The number of nitrogens with zero attached hydrogens (tertiary/aromatic N) is 1. The second-order valence-corrected chi connectivity index (χ2v) is 5.94. The Bertz CT molecular complexity index is 628. The van der Waals surface area contributed by atoms with Crippen molar-refractivity contribution in [3.8, 4) is 0 Å². The molecule has 1 aliphatic heterocycles. The van der Waals surface area contributed by atoms with Crippen molar-refractivity contribution in [3.63, 3.8) is 0 Å². The number of carbonyl (C=O) groups is 2. The maximum Gasteiger partial charge on any atom is 0.310 e. The number of rotatable bonds is 3. The van der Waals surface area contributed by atoms with Crippen molar-refractivity contribution in [1.82, 2.24) is 0 Å². The van der Waals surface area contributed by atoms with Gasteiger partial charge in [-0.1, -0.05) is 28.1 Å². The summed E-state index contributed by atoms with van der Waals surface area (Å²) >= 11 is 3.51. The van der Waals surface area contributed by atoms with E-state index < -0.39 is 5.41 Å². The number of esters is 1. The van der Waals surface area contributed by atoms with Gasteiger partial charge in [-0.15, -0.1) is 6.58 Å². The third-order valence-electron chi connectivity index (χ3n) is 4.11. The Labute approximate surface area is 125 Å². The molecule has 0 radical (unpaired) electrons. The summed E-state index contributed by atoms with van der Waals surface area (Å²) in [7, 11) is 1.36. The zero-order chi connectivity index (χ0) is 14.5. The predicted octanol–water partition coefficient (Wildman–Crippen LogP) is 2.41. The Morgan fingerprint density at radius 1 is 1.65 bits per heavy atom. The zero-order valence-corrected chi connectivity index (χ0v) is 12.6. The van der Waals surface area contributed by atoms with Gasteiger partial charge in [0.15, 0.2) is 0 Å². The molecule has 1 spiro atoms. The normalized spacial score (nSPS) is 26.6. The number of hydrogen-bond acceptors (Lipinski definition) is 3. The fourth-order valence-electron chi connectivity index (χ4n) is 3.15. The van der Waals surface area contributed by atoms with Gasteiger partial charge >= 0.3 is 5.97 Å². The maximum absolute atomic E-state index is 12.8. The SMILES string of the molecule is C=CCN1C(=O)C2(CC2C(=O)OC)c2c(Br)cccc21. The minimum Gasteiger partial charge on any atom is -0.469 e. The van der Waals surface area contributed by atoms with Crippen LogP contribution < -0.4 is 4.90 Å². The second-order valence-electron chi connectivity index (χ2n) is 5.09. The summed E-state index contributed by atoms with van der Waals surface area (Å²) in [5.41, 5.74) is 1.02. The lowest BCUT2D eigenvalue weighted by atomic mass is 9.95. The van der Waals surface area contributed by atoms with Gasteiger partial charge in [-0.2, -0.15) is 0 Å². The van der Waals surface area contributed by atoms with Gasteiger partial charge in [0, 0.05) is 22.3 Å². The zero-order valence-electron chi connectivity index (χ0n) is 11.1. The van der Waals surface area contributed by atoms with Crippen molar-refractivity contribution in [2.24, 2.45) is 5.92 Å². The maximum atomic E-state index is 12.8. The second kappa shape index (κ2) is 4.45. The van der Waals surface area contributed by atoms with Gasteiger partial charge in [-0.25, -0.2) is 0 Å². The molecule has 1 aromatic carbocycles. The van der Waals surface area contributed by atoms with Gasteiger partial charge in [0.05, 0.1) is 18.4 Å². The van der Waals surface area contributed by atoms with Crippen LogP contribution in [0.25, 0.3) is 0 Å². The molecule has 4 nitrogen and oxygen atoms in total. The van der Waals surface area contributed by atoms with Crippen molar-refractivity contribution < 1.29 is 14.3 Å². The number of hydrogen-bond donors (Lipinski definition) is 0. The van der Waals surface area contributed by atoms with Crippen LogP contribution >= 0.6 is 15.9 Å². The van der Waals surface area contributed by atoms with Crippen LogP contribution in [-0.2, 0) is 19.7 Å². The number of carbonyl (C=O) groups excluding carboxylic acids is 2. The summed E-state index contributed by atoms with van der Waals surface area (Å²) in [6.45, 7) is 4.14. The lowest BCUT2D eigenvalue weighted by Gasteiger charge is -2.15. The third kappa shape index (κ3) is 1.53. The Morgan fingerprint density at radius 3 is 3.05 bits per heavy atom. The number of amides is 1. The highest BCUT2D eigenvalue weighted by Crippen LogP contribution is 2.63. The Morgan fingerprint density at radius 2 is 2.40 bits per heavy atom. The summed E-state index contributed by atoms with van der Waals surface area (Å²) in [5.74, 6) is -0.734. The first kappa shape index (κ1) is 13.4. The van der Waals surface area contributed by atoms with E-state index in [0.717, 1.165) is 15.7 Å².